The van der Waals surface area contributed by atoms with Crippen molar-refractivity contribution in [2.24, 2.45) is 0 Å². The van der Waals surface area contributed by atoms with E-state index in [4.69, 9.17) is 5.73 Å². The molecule has 2 N–H and O–H groups in total. The summed E-state index contributed by atoms with van der Waals surface area (Å²) in [6.45, 7) is 10.8. The van der Waals surface area contributed by atoms with E-state index in [1.54, 1.807) is 4.57 Å². The summed E-state index contributed by atoms with van der Waals surface area (Å²) in [6.07, 6.45) is 0.879. The molecule has 0 spiro atoms. The molecule has 17 heavy (non-hydrogen) atoms. The van der Waals surface area contributed by atoms with Gasteiger partial charge in [-0.25, -0.2) is 4.98 Å². The topological polar surface area (TPSA) is 60.9 Å². The number of nitrogens with two attached hydrogens (primary N) is 1. The van der Waals surface area contributed by atoms with Crippen LogP contribution in [0.4, 0.5) is 5.95 Å². The third-order valence-electron chi connectivity index (χ3n) is 2.83. The lowest BCUT2D eigenvalue weighted by atomic mass is 9.96. The summed E-state index contributed by atoms with van der Waals surface area (Å²) in [4.78, 5) is 16.8. The Kier molecular flexibility index (Phi) is 4.32. The van der Waals surface area contributed by atoms with Gasteiger partial charge in [0.1, 0.15) is 0 Å². The Morgan fingerprint density at radius 1 is 1.24 bits per heavy atom. The second-order valence-corrected chi connectivity index (χ2v) is 5.04. The maximum Gasteiger partial charge on any atom is 0.258 e. The first-order valence-electron chi connectivity index (χ1n) is 6.30. The molecule has 1 rings (SSSR count). The average molecular weight is 237 g/mol. The fourth-order valence-corrected chi connectivity index (χ4v) is 2.03. The first kappa shape index (κ1) is 13.7. The molecule has 0 bridgehead atoms. The van der Waals surface area contributed by atoms with Gasteiger partial charge in [-0.1, -0.05) is 34.6 Å². The van der Waals surface area contributed by atoms with Crippen molar-refractivity contribution in [1.29, 1.82) is 0 Å². The summed E-state index contributed by atoms with van der Waals surface area (Å²) >= 11 is 0. The molecule has 0 amide bonds. The molecule has 0 saturated heterocycles. The molecule has 4 heteroatoms. The standard InChI is InChI=1S/C13H23N3O/c1-6-7-16-12(17)10(8(2)3)11(9(4)5)15-13(16)14/h8-9H,6-7H2,1-5H3,(H2,14,15). The number of anilines is 1. The van der Waals surface area contributed by atoms with E-state index in [-0.39, 0.29) is 17.4 Å². The molecular weight excluding hydrogens is 214 g/mol. The smallest absolute Gasteiger partial charge is 0.258 e. The largest absolute Gasteiger partial charge is 0.369 e. The second-order valence-electron chi connectivity index (χ2n) is 5.04. The molecule has 0 aliphatic carbocycles. The van der Waals surface area contributed by atoms with Gasteiger partial charge in [0.15, 0.2) is 0 Å². The first-order chi connectivity index (χ1) is 7.90. The molecule has 96 valence electrons. The molecule has 0 unspecified atom stereocenters. The van der Waals surface area contributed by atoms with Crippen LogP contribution in [0.15, 0.2) is 4.79 Å². The van der Waals surface area contributed by atoms with Crippen molar-refractivity contribution in [1.82, 2.24) is 9.55 Å². The van der Waals surface area contributed by atoms with Crippen molar-refractivity contribution >= 4 is 5.95 Å². The lowest BCUT2D eigenvalue weighted by molar-refractivity contribution is 0.619. The molecular formula is C13H23N3O. The number of hydrogen-bond donors (Lipinski definition) is 1. The minimum Gasteiger partial charge on any atom is -0.369 e. The fraction of sp³-hybridized carbons (Fsp3) is 0.692. The predicted molar refractivity (Wildman–Crippen MR) is 71.4 cm³/mol. The number of nitrogens with zero attached hydrogens (tertiary/aromatic N) is 2. The Balaban J connectivity index is 3.52. The van der Waals surface area contributed by atoms with Crippen LogP contribution in [0.1, 0.15) is 64.1 Å². The van der Waals surface area contributed by atoms with Crippen LogP contribution in [0.2, 0.25) is 0 Å². The summed E-state index contributed by atoms with van der Waals surface area (Å²) in [5.74, 6) is 0.736. The normalized spacial score (nSPS) is 11.5. The van der Waals surface area contributed by atoms with Crippen LogP contribution in [-0.2, 0) is 6.54 Å². The van der Waals surface area contributed by atoms with E-state index in [1.807, 2.05) is 34.6 Å². The summed E-state index contributed by atoms with van der Waals surface area (Å²) in [7, 11) is 0. The van der Waals surface area contributed by atoms with Gasteiger partial charge in [0, 0.05) is 12.1 Å². The molecule has 0 atom stereocenters. The monoisotopic (exact) mass is 237 g/mol. The van der Waals surface area contributed by atoms with E-state index in [0.29, 0.717) is 12.5 Å². The number of rotatable bonds is 4. The molecule has 0 aliphatic heterocycles. The van der Waals surface area contributed by atoms with Crippen LogP contribution in [0, 0.1) is 0 Å². The maximum absolute atomic E-state index is 12.4. The quantitative estimate of drug-likeness (QED) is 0.875. The van der Waals surface area contributed by atoms with Crippen LogP contribution >= 0.6 is 0 Å². The molecule has 4 nitrogen and oxygen atoms in total. The Labute approximate surface area is 103 Å². The molecule has 0 radical (unpaired) electrons. The van der Waals surface area contributed by atoms with Crippen LogP contribution < -0.4 is 11.3 Å². The Bertz CT molecular complexity index is 447. The highest BCUT2D eigenvalue weighted by Gasteiger charge is 2.19. The van der Waals surface area contributed by atoms with Gasteiger partial charge < -0.3 is 5.73 Å². The number of hydrogen-bond acceptors (Lipinski definition) is 3. The van der Waals surface area contributed by atoms with Gasteiger partial charge in [0.25, 0.3) is 5.56 Å². The van der Waals surface area contributed by atoms with Crippen molar-refractivity contribution in [3.8, 4) is 0 Å². The van der Waals surface area contributed by atoms with Crippen LogP contribution in [0.5, 0.6) is 0 Å². The van der Waals surface area contributed by atoms with Gasteiger partial charge in [0.2, 0.25) is 5.95 Å². The van der Waals surface area contributed by atoms with Crippen LogP contribution in [0.25, 0.3) is 0 Å². The Morgan fingerprint density at radius 2 is 1.82 bits per heavy atom. The lowest BCUT2D eigenvalue weighted by Gasteiger charge is -2.18. The van der Waals surface area contributed by atoms with Crippen molar-refractivity contribution in [3.05, 3.63) is 21.6 Å². The average Bonchev–Trinajstić information content (AvgIpc) is 2.22. The third kappa shape index (κ3) is 2.68. The fourth-order valence-electron chi connectivity index (χ4n) is 2.03. The molecule has 0 aliphatic rings. The zero-order valence-electron chi connectivity index (χ0n) is 11.4. The first-order valence-corrected chi connectivity index (χ1v) is 6.30. The van der Waals surface area contributed by atoms with Gasteiger partial charge in [-0.05, 0) is 18.3 Å². The van der Waals surface area contributed by atoms with Crippen molar-refractivity contribution in [2.75, 3.05) is 5.73 Å². The van der Waals surface area contributed by atoms with Gasteiger partial charge in [-0.15, -0.1) is 0 Å². The highest BCUT2D eigenvalue weighted by Crippen LogP contribution is 2.22. The van der Waals surface area contributed by atoms with Gasteiger partial charge in [-0.2, -0.15) is 0 Å². The Hall–Kier alpha value is -1.32. The third-order valence-corrected chi connectivity index (χ3v) is 2.83. The summed E-state index contributed by atoms with van der Waals surface area (Å²) in [5, 5.41) is 0. The molecule has 1 aromatic rings. The second kappa shape index (κ2) is 5.34. The van der Waals surface area contributed by atoms with Gasteiger partial charge in [0.05, 0.1) is 5.69 Å². The van der Waals surface area contributed by atoms with Crippen molar-refractivity contribution in [3.63, 3.8) is 0 Å². The molecule has 0 saturated carbocycles. The molecule has 1 heterocycles. The summed E-state index contributed by atoms with van der Waals surface area (Å²) in [5.41, 5.74) is 7.54. The molecule has 0 aromatic carbocycles. The van der Waals surface area contributed by atoms with Gasteiger partial charge >= 0.3 is 0 Å². The number of nitrogen functional groups attached to an aromatic ring is 1. The summed E-state index contributed by atoms with van der Waals surface area (Å²) < 4.78 is 1.58. The predicted octanol–water partition coefficient (Wildman–Crippen LogP) is 2.48. The highest BCUT2D eigenvalue weighted by atomic mass is 16.1. The maximum atomic E-state index is 12.4. The number of aromatic nitrogens is 2. The van der Waals surface area contributed by atoms with E-state index in [1.165, 1.54) is 0 Å². The minimum atomic E-state index is 0.0260. The minimum absolute atomic E-state index is 0.0260. The van der Waals surface area contributed by atoms with E-state index in [0.717, 1.165) is 17.7 Å². The van der Waals surface area contributed by atoms with Crippen molar-refractivity contribution in [2.45, 2.75) is 59.4 Å². The van der Waals surface area contributed by atoms with E-state index >= 15 is 0 Å². The Morgan fingerprint density at radius 3 is 2.24 bits per heavy atom. The SMILES string of the molecule is CCCn1c(N)nc(C(C)C)c(C(C)C)c1=O. The zero-order valence-corrected chi connectivity index (χ0v) is 11.4. The van der Waals surface area contributed by atoms with Crippen LogP contribution in [-0.4, -0.2) is 9.55 Å². The highest BCUT2D eigenvalue weighted by molar-refractivity contribution is 5.31. The summed E-state index contributed by atoms with van der Waals surface area (Å²) in [6, 6.07) is 0. The van der Waals surface area contributed by atoms with E-state index in [9.17, 15) is 4.79 Å². The zero-order chi connectivity index (χ0) is 13.2. The van der Waals surface area contributed by atoms with Crippen LogP contribution in [0.3, 0.4) is 0 Å². The van der Waals surface area contributed by atoms with E-state index < -0.39 is 0 Å². The van der Waals surface area contributed by atoms with Gasteiger partial charge in [-0.3, -0.25) is 9.36 Å². The lowest BCUT2D eigenvalue weighted by Crippen LogP contribution is -2.30. The molecule has 0 fully saturated rings. The van der Waals surface area contributed by atoms with Crippen molar-refractivity contribution < 1.29 is 0 Å². The molecule has 1 aromatic heterocycles. The van der Waals surface area contributed by atoms with E-state index in [2.05, 4.69) is 4.98 Å².